The van der Waals surface area contributed by atoms with Gasteiger partial charge in [-0.15, -0.1) is 0 Å². The van der Waals surface area contributed by atoms with Crippen LogP contribution in [0.25, 0.3) is 10.8 Å². The van der Waals surface area contributed by atoms with Crippen LogP contribution in [-0.4, -0.2) is 19.1 Å². The van der Waals surface area contributed by atoms with Crippen molar-refractivity contribution in [2.75, 3.05) is 13.2 Å². The quantitative estimate of drug-likeness (QED) is 0.942. The zero-order valence-electron chi connectivity index (χ0n) is 12.9. The van der Waals surface area contributed by atoms with E-state index in [2.05, 4.69) is 35.6 Å². The third-order valence-corrected chi connectivity index (χ3v) is 4.91. The highest BCUT2D eigenvalue weighted by Crippen LogP contribution is 2.50. The molecule has 2 unspecified atom stereocenters. The molecule has 4 rings (SSSR count). The maximum Gasteiger partial charge on any atom is 0.216 e. The van der Waals surface area contributed by atoms with Gasteiger partial charge in [-0.1, -0.05) is 24.3 Å². The fraction of sp³-hybridized carbons (Fsp3) is 0.421. The van der Waals surface area contributed by atoms with E-state index in [4.69, 9.17) is 4.74 Å². The highest BCUT2D eigenvalue weighted by Gasteiger charge is 2.39. The van der Waals surface area contributed by atoms with Gasteiger partial charge in [-0.25, -0.2) is 0 Å². The Kier molecular flexibility index (Phi) is 3.29. The minimum absolute atomic E-state index is 0.0642. The Morgan fingerprint density at radius 1 is 1.32 bits per heavy atom. The van der Waals surface area contributed by atoms with Crippen LogP contribution >= 0.6 is 0 Å². The molecule has 2 atom stereocenters. The maximum atomic E-state index is 11.1. The van der Waals surface area contributed by atoms with Gasteiger partial charge in [-0.05, 0) is 53.5 Å². The summed E-state index contributed by atoms with van der Waals surface area (Å²) in [6.45, 7) is 3.21. The van der Waals surface area contributed by atoms with Gasteiger partial charge in [0.25, 0.3) is 0 Å². The number of fused-ring (bicyclic) bond motifs is 3. The second kappa shape index (κ2) is 5.31. The lowest BCUT2D eigenvalue weighted by Crippen LogP contribution is -2.22. The van der Waals surface area contributed by atoms with Gasteiger partial charge >= 0.3 is 0 Å². The van der Waals surface area contributed by atoms with E-state index in [0.717, 1.165) is 31.7 Å². The number of benzene rings is 2. The number of hydrogen-bond acceptors (Lipinski definition) is 2. The Labute approximate surface area is 130 Å². The van der Waals surface area contributed by atoms with Crippen LogP contribution < -0.4 is 10.1 Å². The van der Waals surface area contributed by atoms with E-state index < -0.39 is 0 Å². The Morgan fingerprint density at radius 2 is 2.23 bits per heavy atom. The molecular formula is C19H21NO2. The van der Waals surface area contributed by atoms with Crippen molar-refractivity contribution in [2.24, 2.45) is 5.92 Å². The average molecular weight is 295 g/mol. The van der Waals surface area contributed by atoms with Crippen LogP contribution in [-0.2, 0) is 11.2 Å². The number of ether oxygens (including phenoxy) is 1. The Hall–Kier alpha value is -2.03. The number of carbonyl (C=O) groups is 1. The summed E-state index contributed by atoms with van der Waals surface area (Å²) in [5.74, 6) is 2.28. The van der Waals surface area contributed by atoms with Crippen molar-refractivity contribution >= 4 is 16.7 Å². The number of amides is 1. The molecule has 2 aromatic rings. The summed E-state index contributed by atoms with van der Waals surface area (Å²) in [7, 11) is 0. The molecule has 1 aliphatic heterocycles. The maximum absolute atomic E-state index is 11.1. The minimum Gasteiger partial charge on any atom is -0.493 e. The number of carbonyl (C=O) groups excluding carboxylic acids is 1. The Morgan fingerprint density at radius 3 is 3.09 bits per heavy atom. The van der Waals surface area contributed by atoms with Crippen molar-refractivity contribution in [1.29, 1.82) is 0 Å². The lowest BCUT2D eigenvalue weighted by atomic mass is 9.92. The van der Waals surface area contributed by atoms with Gasteiger partial charge in [-0.2, -0.15) is 0 Å². The smallest absolute Gasteiger partial charge is 0.216 e. The highest BCUT2D eigenvalue weighted by atomic mass is 16.5. The molecule has 0 saturated heterocycles. The average Bonchev–Trinajstić information content (AvgIpc) is 3.31. The van der Waals surface area contributed by atoms with Crippen LogP contribution in [0.2, 0.25) is 0 Å². The minimum atomic E-state index is 0.0642. The first-order valence-corrected chi connectivity index (χ1v) is 8.16. The molecule has 0 bridgehead atoms. The number of aryl methyl sites for hydroxylation is 1. The summed E-state index contributed by atoms with van der Waals surface area (Å²) in [5.41, 5.74) is 2.82. The highest BCUT2D eigenvalue weighted by molar-refractivity contribution is 5.91. The number of rotatable bonds is 3. The van der Waals surface area contributed by atoms with Crippen LogP contribution in [0.3, 0.4) is 0 Å². The second-order valence-electron chi connectivity index (χ2n) is 6.48. The molecule has 22 heavy (non-hydrogen) atoms. The Bertz CT molecular complexity index is 738. The number of hydrogen-bond donors (Lipinski definition) is 1. The van der Waals surface area contributed by atoms with Crippen LogP contribution in [0.4, 0.5) is 0 Å². The lowest BCUT2D eigenvalue weighted by molar-refractivity contribution is -0.119. The first-order valence-electron chi connectivity index (χ1n) is 8.16. The molecular weight excluding hydrogens is 274 g/mol. The first-order chi connectivity index (χ1) is 10.7. The standard InChI is InChI=1S/C19H21NO2/c1-12(21)20-11-14-10-17(14)15-5-2-4-13-7-8-18-16(19(13)15)6-3-9-22-18/h2,4-5,7-8,14,17H,3,6,9-11H2,1H3,(H,20,21). The van der Waals surface area contributed by atoms with Crippen LogP contribution in [0.15, 0.2) is 30.3 Å². The molecule has 0 aromatic heterocycles. The van der Waals surface area contributed by atoms with Gasteiger partial charge in [-0.3, -0.25) is 4.79 Å². The molecule has 1 heterocycles. The zero-order valence-corrected chi connectivity index (χ0v) is 12.9. The SMILES string of the molecule is CC(=O)NCC1CC1c1cccc2ccc3c(c12)CCCO3. The van der Waals surface area contributed by atoms with E-state index in [-0.39, 0.29) is 5.91 Å². The van der Waals surface area contributed by atoms with E-state index in [9.17, 15) is 4.79 Å². The summed E-state index contributed by atoms with van der Waals surface area (Å²) in [6, 6.07) is 10.9. The van der Waals surface area contributed by atoms with Gasteiger partial charge in [0.1, 0.15) is 5.75 Å². The summed E-state index contributed by atoms with van der Waals surface area (Å²) < 4.78 is 5.84. The van der Waals surface area contributed by atoms with Gasteiger partial charge in [0, 0.05) is 19.0 Å². The lowest BCUT2D eigenvalue weighted by Gasteiger charge is -2.21. The molecule has 1 N–H and O–H groups in total. The topological polar surface area (TPSA) is 38.3 Å². The monoisotopic (exact) mass is 295 g/mol. The Balaban J connectivity index is 1.71. The van der Waals surface area contributed by atoms with Crippen molar-refractivity contribution in [3.8, 4) is 5.75 Å². The molecule has 1 fully saturated rings. The van der Waals surface area contributed by atoms with Crippen molar-refractivity contribution in [1.82, 2.24) is 5.32 Å². The fourth-order valence-corrected chi connectivity index (χ4v) is 3.72. The van der Waals surface area contributed by atoms with E-state index in [1.165, 1.54) is 28.3 Å². The zero-order chi connectivity index (χ0) is 15.1. The molecule has 1 amide bonds. The molecule has 3 heteroatoms. The summed E-state index contributed by atoms with van der Waals surface area (Å²) in [6.07, 6.45) is 3.37. The predicted octanol–water partition coefficient (Wildman–Crippen LogP) is 3.40. The van der Waals surface area contributed by atoms with Gasteiger partial charge < -0.3 is 10.1 Å². The van der Waals surface area contributed by atoms with E-state index >= 15 is 0 Å². The summed E-state index contributed by atoms with van der Waals surface area (Å²) in [5, 5.41) is 5.66. The molecule has 1 aliphatic carbocycles. The van der Waals surface area contributed by atoms with Crippen LogP contribution in [0.1, 0.15) is 36.8 Å². The normalized spacial score (nSPS) is 22.8. The number of nitrogens with one attached hydrogen (secondary N) is 1. The molecule has 2 aromatic carbocycles. The van der Waals surface area contributed by atoms with Crippen LogP contribution in [0.5, 0.6) is 5.75 Å². The van der Waals surface area contributed by atoms with Gasteiger partial charge in [0.05, 0.1) is 6.61 Å². The molecule has 114 valence electrons. The van der Waals surface area contributed by atoms with Crippen molar-refractivity contribution < 1.29 is 9.53 Å². The van der Waals surface area contributed by atoms with E-state index in [0.29, 0.717) is 11.8 Å². The third kappa shape index (κ3) is 2.35. The van der Waals surface area contributed by atoms with Crippen molar-refractivity contribution in [3.05, 3.63) is 41.5 Å². The molecule has 3 nitrogen and oxygen atoms in total. The first kappa shape index (κ1) is 13.6. The second-order valence-corrected chi connectivity index (χ2v) is 6.48. The summed E-state index contributed by atoms with van der Waals surface area (Å²) >= 11 is 0. The summed E-state index contributed by atoms with van der Waals surface area (Å²) in [4.78, 5) is 11.1. The van der Waals surface area contributed by atoms with Crippen molar-refractivity contribution in [2.45, 2.75) is 32.1 Å². The van der Waals surface area contributed by atoms with Gasteiger partial charge in [0.15, 0.2) is 0 Å². The van der Waals surface area contributed by atoms with Crippen LogP contribution in [0, 0.1) is 5.92 Å². The molecule has 1 saturated carbocycles. The van der Waals surface area contributed by atoms with E-state index in [1.807, 2.05) is 0 Å². The third-order valence-electron chi connectivity index (χ3n) is 4.91. The van der Waals surface area contributed by atoms with E-state index in [1.54, 1.807) is 6.92 Å². The molecule has 2 aliphatic rings. The predicted molar refractivity (Wildman–Crippen MR) is 87.3 cm³/mol. The largest absolute Gasteiger partial charge is 0.493 e. The van der Waals surface area contributed by atoms with Gasteiger partial charge in [0.2, 0.25) is 5.91 Å². The molecule has 0 radical (unpaired) electrons. The molecule has 0 spiro atoms. The van der Waals surface area contributed by atoms with Crippen molar-refractivity contribution in [3.63, 3.8) is 0 Å². The fourth-order valence-electron chi connectivity index (χ4n) is 3.72.